The number of hydrogen-bond donors (Lipinski definition) is 7. The second-order valence-electron chi connectivity index (χ2n) is 21.8. The molecule has 1 aliphatic heterocycles. The Hall–Kier alpha value is -7.73. The van der Waals surface area contributed by atoms with Crippen molar-refractivity contribution < 1.29 is 19.2 Å². The fourth-order valence-electron chi connectivity index (χ4n) is 7.89. The highest BCUT2D eigenvalue weighted by molar-refractivity contribution is 6.12. The molecule has 5 heterocycles. The third-order valence-corrected chi connectivity index (χ3v) is 12.0. The van der Waals surface area contributed by atoms with Crippen molar-refractivity contribution in [2.75, 3.05) is 21.3 Å². The van der Waals surface area contributed by atoms with Crippen LogP contribution in [0, 0.1) is 21.7 Å². The van der Waals surface area contributed by atoms with Gasteiger partial charge < -0.3 is 36.2 Å². The Morgan fingerprint density at radius 2 is 0.667 bits per heavy atom. The maximum atomic E-state index is 13.8. The van der Waals surface area contributed by atoms with Crippen LogP contribution in [0.1, 0.15) is 94.5 Å². The zero-order valence-corrected chi connectivity index (χ0v) is 41.5. The summed E-state index contributed by atoms with van der Waals surface area (Å²) in [5.41, 5.74) is 9.01. The van der Waals surface area contributed by atoms with Crippen molar-refractivity contribution in [3.8, 4) is 33.4 Å². The maximum absolute atomic E-state index is 13.8. The number of aromatic amines is 3. The van der Waals surface area contributed by atoms with Gasteiger partial charge >= 0.3 is 0 Å². The number of fused-ring (bicyclic) bond motifs is 9. The summed E-state index contributed by atoms with van der Waals surface area (Å²) < 4.78 is 0. The summed E-state index contributed by atoms with van der Waals surface area (Å²) in [6.45, 7) is 22.3. The number of nitrogens with zero attached hydrogens (tertiary/aromatic N) is 1. The summed E-state index contributed by atoms with van der Waals surface area (Å²) in [6, 6.07) is 33.1. The molecule has 12 heteroatoms. The molecule has 69 heavy (non-hydrogen) atoms. The molecule has 0 fully saturated rings. The first-order valence-corrected chi connectivity index (χ1v) is 23.3. The minimum atomic E-state index is -0.729. The predicted molar refractivity (Wildman–Crippen MR) is 284 cm³/mol. The highest BCUT2D eigenvalue weighted by Crippen LogP contribution is 2.44. The summed E-state index contributed by atoms with van der Waals surface area (Å²) in [5.74, 6) is -0.775. The van der Waals surface area contributed by atoms with E-state index in [4.69, 9.17) is 4.98 Å². The van der Waals surface area contributed by atoms with Crippen LogP contribution in [0.25, 0.3) is 78.6 Å². The molecule has 7 N–H and O–H groups in total. The number of carbonyl (C=O) groups is 4. The molecule has 0 atom stereocenters. The number of hydrogen-bond acceptors (Lipinski definition) is 5. The van der Waals surface area contributed by atoms with Gasteiger partial charge in [0, 0.05) is 77.1 Å². The zero-order chi connectivity index (χ0) is 49.8. The monoisotopic (exact) mass is 922 g/mol. The van der Waals surface area contributed by atoms with Crippen LogP contribution >= 0.6 is 0 Å². The van der Waals surface area contributed by atoms with Gasteiger partial charge in [0.15, 0.2) is 0 Å². The average molecular weight is 923 g/mol. The average Bonchev–Trinajstić information content (AvgIpc) is 4.11. The third kappa shape index (κ3) is 9.83. The summed E-state index contributed by atoms with van der Waals surface area (Å²) >= 11 is 0. The largest absolute Gasteiger partial charge is 0.354 e. The summed E-state index contributed by atoms with van der Waals surface area (Å²) in [6.07, 6.45) is 3.88. The number of H-pyrrole nitrogens is 3. The fraction of sp³-hybridized carbons (Fsp3) is 0.281. The van der Waals surface area contributed by atoms with E-state index in [1.54, 1.807) is 0 Å². The molecule has 8 rings (SSSR count). The first-order valence-electron chi connectivity index (χ1n) is 23.3. The first-order chi connectivity index (χ1) is 32.4. The lowest BCUT2D eigenvalue weighted by Crippen LogP contribution is -2.29. The molecule has 0 radical (unpaired) electrons. The van der Waals surface area contributed by atoms with E-state index in [0.29, 0.717) is 78.5 Å². The lowest BCUT2D eigenvalue weighted by Gasteiger charge is -2.23. The molecule has 4 aromatic heterocycles. The molecule has 8 bridgehead atoms. The number of anilines is 4. The van der Waals surface area contributed by atoms with Gasteiger partial charge in [-0.1, -0.05) is 126 Å². The van der Waals surface area contributed by atoms with E-state index in [-0.39, 0.29) is 23.6 Å². The summed E-state index contributed by atoms with van der Waals surface area (Å²) in [5, 5.41) is 12.8. The number of aromatic nitrogens is 4. The Morgan fingerprint density at radius 1 is 0.348 bits per heavy atom. The van der Waals surface area contributed by atoms with E-state index < -0.39 is 21.7 Å². The summed E-state index contributed by atoms with van der Waals surface area (Å²) in [7, 11) is 0. The van der Waals surface area contributed by atoms with Gasteiger partial charge in [-0.25, -0.2) is 4.98 Å². The van der Waals surface area contributed by atoms with Crippen molar-refractivity contribution >= 4 is 91.6 Å². The summed E-state index contributed by atoms with van der Waals surface area (Å²) in [4.78, 5) is 71.8. The Labute approximate surface area is 403 Å². The third-order valence-electron chi connectivity index (χ3n) is 12.0. The van der Waals surface area contributed by atoms with Gasteiger partial charge in [-0.05, 0) is 78.4 Å². The van der Waals surface area contributed by atoms with E-state index in [2.05, 4.69) is 48.4 Å². The number of nitrogens with one attached hydrogen (secondary N) is 7. The molecular formula is C57H62N8O4. The van der Waals surface area contributed by atoms with Crippen molar-refractivity contribution in [2.45, 2.75) is 83.1 Å². The van der Waals surface area contributed by atoms with Gasteiger partial charge in [-0.3, -0.25) is 19.2 Å². The Morgan fingerprint density at radius 3 is 1.06 bits per heavy atom. The molecule has 0 saturated carbocycles. The van der Waals surface area contributed by atoms with Crippen molar-refractivity contribution in [3.63, 3.8) is 0 Å². The number of benzene rings is 3. The quantitative estimate of drug-likeness (QED) is 0.0840. The molecule has 354 valence electrons. The predicted octanol–water partition coefficient (Wildman–Crippen LogP) is 13.6. The van der Waals surface area contributed by atoms with Crippen LogP contribution in [-0.2, 0) is 19.2 Å². The van der Waals surface area contributed by atoms with Crippen molar-refractivity contribution in [3.05, 3.63) is 115 Å². The highest BCUT2D eigenvalue weighted by atomic mass is 16.2. The molecule has 12 nitrogen and oxygen atoms in total. The van der Waals surface area contributed by atoms with Gasteiger partial charge in [0.2, 0.25) is 23.6 Å². The van der Waals surface area contributed by atoms with E-state index in [9.17, 15) is 19.2 Å². The fourth-order valence-corrected chi connectivity index (χ4v) is 7.89. The number of amides is 4. The Balaban J connectivity index is 1.53. The maximum Gasteiger partial charge on any atom is 0.229 e. The second-order valence-corrected chi connectivity index (χ2v) is 21.8. The normalized spacial score (nSPS) is 12.5. The molecule has 0 aliphatic carbocycles. The lowest BCUT2D eigenvalue weighted by molar-refractivity contribution is -0.123. The molecule has 7 aromatic rings. The van der Waals surface area contributed by atoms with Gasteiger partial charge in [0.25, 0.3) is 0 Å². The van der Waals surface area contributed by atoms with Crippen LogP contribution < -0.4 is 21.3 Å². The van der Waals surface area contributed by atoms with Crippen LogP contribution in [0.5, 0.6) is 0 Å². The van der Waals surface area contributed by atoms with Crippen LogP contribution in [0.2, 0.25) is 0 Å². The molecule has 1 aliphatic rings. The van der Waals surface area contributed by atoms with Crippen LogP contribution in [0.3, 0.4) is 0 Å². The highest BCUT2D eigenvalue weighted by Gasteiger charge is 2.30. The van der Waals surface area contributed by atoms with E-state index >= 15 is 0 Å². The standard InChI is InChI=1S/C57H62N8O4/c1-54(2,3)50(66)62-35-20-16-21-36(63-51(67)55(4,5)6)46(35)48-41-26-24-33(58-41)34-25-27-42(59-34)49(44-31-29-40(61-44)45(32-18-14-13-15-19-32)39-28-30-43(48)60-39)47-37(64-52(68)56(7,8)9)22-17-23-38(47)65-53(69)57(10,11)12/h13-31,58,60-61H,1-12H3,(H,62,66)(H,63,67)(H,64,68)(H,65,69). The second kappa shape index (κ2) is 17.7. The van der Waals surface area contributed by atoms with E-state index in [0.717, 1.165) is 22.2 Å². The first kappa shape index (κ1) is 47.8. The Kier molecular flexibility index (Phi) is 12.3. The topological polar surface area (TPSA) is 177 Å². The molecule has 0 saturated heterocycles. The number of carbonyl (C=O) groups excluding carboxylic acids is 4. The SMILES string of the molecule is CC(C)(C)C(=O)Nc1cccc(NC(=O)C(C)(C)C)c1-c1c2nc(c3ccc([nH]3)c(-c3c(NC(=O)C(C)(C)C)cccc3NC(=O)C(C)(C)C)c3ccc([nH]3)c(-c3ccccc3)c3ccc1[nH]3)C=C2. The van der Waals surface area contributed by atoms with Gasteiger partial charge in [0.1, 0.15) is 0 Å². The minimum absolute atomic E-state index is 0.191. The Bertz CT molecular complexity index is 3250. The van der Waals surface area contributed by atoms with Crippen LogP contribution in [-0.4, -0.2) is 43.6 Å². The molecular weight excluding hydrogens is 861 g/mol. The van der Waals surface area contributed by atoms with Crippen molar-refractivity contribution in [1.29, 1.82) is 0 Å². The van der Waals surface area contributed by atoms with Crippen molar-refractivity contribution in [2.24, 2.45) is 21.7 Å². The van der Waals surface area contributed by atoms with Crippen LogP contribution in [0.4, 0.5) is 22.7 Å². The molecule has 4 amide bonds. The van der Waals surface area contributed by atoms with Gasteiger partial charge in [-0.2, -0.15) is 0 Å². The number of rotatable bonds is 7. The van der Waals surface area contributed by atoms with E-state index in [1.165, 1.54) is 0 Å². The van der Waals surface area contributed by atoms with E-state index in [1.807, 2.05) is 186 Å². The van der Waals surface area contributed by atoms with Gasteiger partial charge in [0.05, 0.1) is 39.7 Å². The van der Waals surface area contributed by atoms with Crippen LogP contribution in [0.15, 0.2) is 103 Å². The lowest BCUT2D eigenvalue weighted by atomic mass is 9.93. The smallest absolute Gasteiger partial charge is 0.229 e. The van der Waals surface area contributed by atoms with Gasteiger partial charge in [-0.15, -0.1) is 0 Å². The molecule has 0 spiro atoms. The van der Waals surface area contributed by atoms with Crippen molar-refractivity contribution in [1.82, 2.24) is 19.9 Å². The molecule has 0 unspecified atom stereocenters. The zero-order valence-electron chi connectivity index (χ0n) is 41.5. The minimum Gasteiger partial charge on any atom is -0.354 e. The molecule has 3 aromatic carbocycles.